The standard InChI is InChI=1S/C25H35N5O4/c1-4-6-8-14-28(21-22(26)29(13-7-5-2)25(34)27-23(21)32)24(33)18-15-20(31)30(16-18)19-11-9-17(3)10-12-19/h9-12,18H,4-8,13-16,26H2,1-3H3,(H,27,32,34). The third-order valence-electron chi connectivity index (χ3n) is 6.29. The lowest BCUT2D eigenvalue weighted by molar-refractivity contribution is -0.124. The molecule has 1 atom stereocenters. The maximum Gasteiger partial charge on any atom is 0.330 e. The molecule has 0 saturated carbocycles. The summed E-state index contributed by atoms with van der Waals surface area (Å²) in [6.45, 7) is 6.89. The lowest BCUT2D eigenvalue weighted by Gasteiger charge is -2.27. The number of carbonyl (C=O) groups is 2. The molecule has 3 rings (SSSR count). The third-order valence-corrected chi connectivity index (χ3v) is 6.29. The maximum atomic E-state index is 13.7. The summed E-state index contributed by atoms with van der Waals surface area (Å²) in [6, 6.07) is 7.58. The van der Waals surface area contributed by atoms with E-state index < -0.39 is 17.2 Å². The van der Waals surface area contributed by atoms with E-state index >= 15 is 0 Å². The van der Waals surface area contributed by atoms with E-state index in [4.69, 9.17) is 5.73 Å². The van der Waals surface area contributed by atoms with Gasteiger partial charge in [-0.25, -0.2) is 4.79 Å². The van der Waals surface area contributed by atoms with Gasteiger partial charge in [-0.1, -0.05) is 50.8 Å². The normalized spacial score (nSPS) is 15.7. The molecule has 1 aliphatic rings. The highest BCUT2D eigenvalue weighted by Crippen LogP contribution is 2.29. The van der Waals surface area contributed by atoms with Crippen molar-refractivity contribution in [2.75, 3.05) is 28.6 Å². The van der Waals surface area contributed by atoms with Gasteiger partial charge < -0.3 is 15.5 Å². The Bertz CT molecular complexity index is 1140. The molecule has 1 aromatic carbocycles. The molecule has 9 nitrogen and oxygen atoms in total. The summed E-state index contributed by atoms with van der Waals surface area (Å²) >= 11 is 0. The second-order valence-electron chi connectivity index (χ2n) is 8.94. The number of carbonyl (C=O) groups excluding carboxylic acids is 2. The van der Waals surface area contributed by atoms with Crippen LogP contribution in [0.15, 0.2) is 33.9 Å². The molecule has 2 amide bonds. The van der Waals surface area contributed by atoms with E-state index in [1.165, 1.54) is 9.47 Å². The molecule has 9 heteroatoms. The van der Waals surface area contributed by atoms with Crippen LogP contribution in [0.4, 0.5) is 17.2 Å². The third kappa shape index (κ3) is 5.40. The Morgan fingerprint density at radius 1 is 1.09 bits per heavy atom. The van der Waals surface area contributed by atoms with E-state index in [0.29, 0.717) is 25.9 Å². The number of aromatic amines is 1. The first-order chi connectivity index (χ1) is 16.3. The number of amides is 2. The van der Waals surface area contributed by atoms with Crippen LogP contribution in [0.3, 0.4) is 0 Å². The molecule has 34 heavy (non-hydrogen) atoms. The Hall–Kier alpha value is -3.36. The number of hydrogen-bond donors (Lipinski definition) is 2. The van der Waals surface area contributed by atoms with Gasteiger partial charge in [-0.3, -0.25) is 23.9 Å². The van der Waals surface area contributed by atoms with Crippen molar-refractivity contribution in [3.8, 4) is 0 Å². The fraction of sp³-hybridized carbons (Fsp3) is 0.520. The van der Waals surface area contributed by atoms with Gasteiger partial charge in [0.1, 0.15) is 5.82 Å². The van der Waals surface area contributed by atoms with Crippen LogP contribution in [0.1, 0.15) is 57.9 Å². The molecular weight excluding hydrogens is 434 g/mol. The molecule has 184 valence electrons. The second kappa shape index (κ2) is 11.2. The van der Waals surface area contributed by atoms with Gasteiger partial charge in [-0.05, 0) is 31.9 Å². The summed E-state index contributed by atoms with van der Waals surface area (Å²) < 4.78 is 1.32. The molecule has 0 aliphatic carbocycles. The van der Waals surface area contributed by atoms with Gasteiger partial charge in [0.2, 0.25) is 11.8 Å². The topological polar surface area (TPSA) is 121 Å². The monoisotopic (exact) mass is 469 g/mol. The van der Waals surface area contributed by atoms with E-state index in [0.717, 1.165) is 30.5 Å². The molecule has 0 bridgehead atoms. The minimum Gasteiger partial charge on any atom is -0.383 e. The number of nitrogen functional groups attached to an aromatic ring is 1. The van der Waals surface area contributed by atoms with Crippen molar-refractivity contribution in [2.45, 2.75) is 65.8 Å². The van der Waals surface area contributed by atoms with Gasteiger partial charge in [0, 0.05) is 31.7 Å². The van der Waals surface area contributed by atoms with Crippen LogP contribution in [-0.2, 0) is 16.1 Å². The zero-order chi connectivity index (χ0) is 24.8. The van der Waals surface area contributed by atoms with Gasteiger partial charge in [0.25, 0.3) is 5.56 Å². The fourth-order valence-electron chi connectivity index (χ4n) is 4.30. The van der Waals surface area contributed by atoms with Crippen LogP contribution in [0.5, 0.6) is 0 Å². The van der Waals surface area contributed by atoms with E-state index in [9.17, 15) is 19.2 Å². The largest absolute Gasteiger partial charge is 0.383 e. The number of hydrogen-bond acceptors (Lipinski definition) is 5. The number of aryl methyl sites for hydroxylation is 1. The molecule has 3 N–H and O–H groups in total. The summed E-state index contributed by atoms with van der Waals surface area (Å²) in [5.41, 5.74) is 6.86. The first-order valence-corrected chi connectivity index (χ1v) is 12.1. The van der Waals surface area contributed by atoms with E-state index in [1.807, 2.05) is 45.0 Å². The van der Waals surface area contributed by atoms with Gasteiger partial charge in [0.05, 0.1) is 5.92 Å². The van der Waals surface area contributed by atoms with Crippen LogP contribution in [0, 0.1) is 12.8 Å². The molecule has 1 aliphatic heterocycles. The lowest BCUT2D eigenvalue weighted by Crippen LogP contribution is -2.44. The zero-order valence-electron chi connectivity index (χ0n) is 20.3. The van der Waals surface area contributed by atoms with Crippen molar-refractivity contribution in [2.24, 2.45) is 5.92 Å². The molecule has 2 aromatic rings. The quantitative estimate of drug-likeness (QED) is 0.518. The van der Waals surface area contributed by atoms with Crippen LogP contribution < -0.4 is 26.8 Å². The Morgan fingerprint density at radius 2 is 1.76 bits per heavy atom. The second-order valence-corrected chi connectivity index (χ2v) is 8.94. The molecule has 1 fully saturated rings. The highest BCUT2D eigenvalue weighted by atomic mass is 16.2. The predicted octanol–water partition coefficient (Wildman–Crippen LogP) is 2.80. The molecule has 0 spiro atoms. The van der Waals surface area contributed by atoms with E-state index in [2.05, 4.69) is 4.98 Å². The van der Waals surface area contributed by atoms with Crippen molar-refractivity contribution < 1.29 is 9.59 Å². The van der Waals surface area contributed by atoms with E-state index in [-0.39, 0.29) is 36.3 Å². The summed E-state index contributed by atoms with van der Waals surface area (Å²) in [6.07, 6.45) is 4.10. The molecule has 2 heterocycles. The summed E-state index contributed by atoms with van der Waals surface area (Å²) in [5.74, 6) is -1.07. The number of H-pyrrole nitrogens is 1. The van der Waals surface area contributed by atoms with Crippen LogP contribution in [0.2, 0.25) is 0 Å². The van der Waals surface area contributed by atoms with Crippen LogP contribution in [-0.4, -0.2) is 34.5 Å². The number of nitrogens with zero attached hydrogens (tertiary/aromatic N) is 3. The van der Waals surface area contributed by atoms with Crippen molar-refractivity contribution in [1.82, 2.24) is 9.55 Å². The molecule has 1 aromatic heterocycles. The summed E-state index contributed by atoms with van der Waals surface area (Å²) in [5, 5.41) is 0. The number of nitrogens with two attached hydrogens (primary N) is 1. The number of unbranched alkanes of at least 4 members (excludes halogenated alkanes) is 3. The minimum absolute atomic E-state index is 0.00181. The smallest absolute Gasteiger partial charge is 0.330 e. The number of benzene rings is 1. The molecule has 0 radical (unpaired) electrons. The molecular formula is C25H35N5O4. The maximum absolute atomic E-state index is 13.7. The first kappa shape index (κ1) is 25.3. The van der Waals surface area contributed by atoms with Crippen LogP contribution >= 0.6 is 0 Å². The van der Waals surface area contributed by atoms with Crippen molar-refractivity contribution in [3.63, 3.8) is 0 Å². The Kier molecular flexibility index (Phi) is 8.31. The predicted molar refractivity (Wildman–Crippen MR) is 134 cm³/mol. The Labute approximate surface area is 199 Å². The molecule has 1 unspecified atom stereocenters. The average Bonchev–Trinajstić information content (AvgIpc) is 3.19. The van der Waals surface area contributed by atoms with E-state index in [1.54, 1.807) is 4.90 Å². The Balaban J connectivity index is 1.94. The van der Waals surface area contributed by atoms with Gasteiger partial charge >= 0.3 is 5.69 Å². The summed E-state index contributed by atoms with van der Waals surface area (Å²) in [7, 11) is 0. The lowest BCUT2D eigenvalue weighted by atomic mass is 10.1. The van der Waals surface area contributed by atoms with Gasteiger partial charge in [-0.2, -0.15) is 0 Å². The minimum atomic E-state index is -0.681. The van der Waals surface area contributed by atoms with Gasteiger partial charge in [-0.15, -0.1) is 0 Å². The Morgan fingerprint density at radius 3 is 2.41 bits per heavy atom. The number of anilines is 3. The van der Waals surface area contributed by atoms with Crippen molar-refractivity contribution in [3.05, 3.63) is 50.7 Å². The molecule has 1 saturated heterocycles. The average molecular weight is 470 g/mol. The van der Waals surface area contributed by atoms with Crippen LogP contribution in [0.25, 0.3) is 0 Å². The number of rotatable bonds is 10. The number of aromatic nitrogens is 2. The fourth-order valence-corrected chi connectivity index (χ4v) is 4.30. The van der Waals surface area contributed by atoms with Crippen molar-refractivity contribution in [1.29, 1.82) is 0 Å². The van der Waals surface area contributed by atoms with Crippen molar-refractivity contribution >= 4 is 29.0 Å². The zero-order valence-corrected chi connectivity index (χ0v) is 20.3. The first-order valence-electron chi connectivity index (χ1n) is 12.1. The number of nitrogens with one attached hydrogen (secondary N) is 1. The SMILES string of the molecule is CCCCCN(C(=O)C1CC(=O)N(c2ccc(C)cc2)C1)c1c(N)n(CCCC)c(=O)[nH]c1=O. The highest BCUT2D eigenvalue weighted by Gasteiger charge is 2.38. The highest BCUT2D eigenvalue weighted by molar-refractivity contribution is 6.05. The van der Waals surface area contributed by atoms with Gasteiger partial charge in [0.15, 0.2) is 5.69 Å². The summed E-state index contributed by atoms with van der Waals surface area (Å²) in [4.78, 5) is 57.0.